The van der Waals surface area contributed by atoms with E-state index in [9.17, 15) is 4.79 Å². The topological polar surface area (TPSA) is 26.6 Å². The number of rotatable bonds is 8. The van der Waals surface area contributed by atoms with Crippen LogP contribution >= 0.6 is 46.6 Å². The first-order valence-electron chi connectivity index (χ1n) is 17.6. The highest BCUT2D eigenvalue weighted by Gasteiger charge is 2.41. The zero-order chi connectivity index (χ0) is 34.2. The van der Waals surface area contributed by atoms with E-state index in [-0.39, 0.29) is 29.9 Å². The lowest BCUT2D eigenvalue weighted by atomic mass is 9.91. The van der Waals surface area contributed by atoms with E-state index in [0.717, 1.165) is 44.9 Å². The maximum Gasteiger partial charge on any atom is 0.427 e. The lowest BCUT2D eigenvalue weighted by molar-refractivity contribution is -0.435. The van der Waals surface area contributed by atoms with Crippen molar-refractivity contribution in [3.05, 3.63) is 145 Å². The first kappa shape index (κ1) is 36.4. The summed E-state index contributed by atoms with van der Waals surface area (Å²) in [5, 5.41) is 5.43. The van der Waals surface area contributed by atoms with Gasteiger partial charge in [0, 0.05) is 39.4 Å². The molecule has 4 aromatic rings. The molecule has 0 fully saturated rings. The molecule has 3 aromatic carbocycles. The van der Waals surface area contributed by atoms with Crippen molar-refractivity contribution in [3.63, 3.8) is 0 Å². The molecule has 0 bridgehead atoms. The van der Waals surface area contributed by atoms with Gasteiger partial charge in [-0.15, -0.1) is 11.3 Å². The predicted molar refractivity (Wildman–Crippen MR) is 217 cm³/mol. The van der Waals surface area contributed by atoms with Gasteiger partial charge in [0.25, 0.3) is 5.04 Å². The Kier molecular flexibility index (Phi) is 11.4. The number of thioether (sulfide) groups is 3. The Morgan fingerprint density at radius 1 is 0.784 bits per heavy atom. The first-order valence-corrected chi connectivity index (χ1v) is 20.9. The normalized spacial score (nSPS) is 19.7. The van der Waals surface area contributed by atoms with Crippen molar-refractivity contribution < 1.29 is 33.3 Å². The van der Waals surface area contributed by atoms with E-state index in [1.807, 2.05) is 16.3 Å². The number of amides is 1. The van der Waals surface area contributed by atoms with Crippen LogP contribution in [-0.2, 0) is 17.6 Å². The second-order valence-corrected chi connectivity index (χ2v) is 16.6. The lowest BCUT2D eigenvalue weighted by Gasteiger charge is -2.21. The molecule has 4 nitrogen and oxygen atoms in total. The maximum absolute atomic E-state index is 14.4. The lowest BCUT2D eigenvalue weighted by Crippen LogP contribution is -3.00. The van der Waals surface area contributed by atoms with Gasteiger partial charge >= 0.3 is 5.91 Å². The fourth-order valence-corrected chi connectivity index (χ4v) is 12.0. The van der Waals surface area contributed by atoms with Crippen molar-refractivity contribution in [2.24, 2.45) is 0 Å². The number of likely N-dealkylation sites (N-methyl/N-ethyl adjacent to an activating group) is 1. The molecule has 0 saturated carbocycles. The van der Waals surface area contributed by atoms with Gasteiger partial charge in [-0.1, -0.05) is 96.3 Å². The van der Waals surface area contributed by atoms with E-state index in [1.54, 1.807) is 34.9 Å². The number of nitrogens with zero attached hydrogens (tertiary/aromatic N) is 3. The summed E-state index contributed by atoms with van der Waals surface area (Å²) < 4.78 is 1.96. The van der Waals surface area contributed by atoms with Crippen LogP contribution in [0.4, 0.5) is 5.69 Å². The van der Waals surface area contributed by atoms with E-state index in [4.69, 9.17) is 0 Å². The summed E-state index contributed by atoms with van der Waals surface area (Å²) in [5.74, 6) is 0.0797. The zero-order valence-electron chi connectivity index (χ0n) is 29.0. The van der Waals surface area contributed by atoms with Gasteiger partial charge in [-0.25, -0.2) is 4.79 Å². The molecule has 1 aliphatic carbocycles. The fraction of sp³-hybridized carbons (Fsp3) is 0.238. The van der Waals surface area contributed by atoms with Crippen LogP contribution in [0.25, 0.3) is 16.2 Å². The van der Waals surface area contributed by atoms with E-state index in [0.29, 0.717) is 6.54 Å². The molecule has 8 rings (SSSR count). The zero-order valence-corrected chi connectivity index (χ0v) is 34.4. The molecule has 4 aliphatic rings. The van der Waals surface area contributed by atoms with Crippen molar-refractivity contribution in [2.45, 2.75) is 51.3 Å². The molecule has 0 saturated heterocycles. The van der Waals surface area contributed by atoms with Crippen LogP contribution in [0.1, 0.15) is 60.7 Å². The molecule has 0 N–H and O–H groups in total. The van der Waals surface area contributed by atoms with E-state index < -0.39 is 0 Å². The van der Waals surface area contributed by atoms with Crippen LogP contribution in [0, 0.1) is 0 Å². The van der Waals surface area contributed by atoms with E-state index in [2.05, 4.69) is 133 Å². The molecule has 0 unspecified atom stereocenters. The third kappa shape index (κ3) is 6.85. The molecular formula is C42H40IN3OS4. The van der Waals surface area contributed by atoms with Gasteiger partial charge in [-0.2, -0.15) is 4.58 Å². The maximum atomic E-state index is 14.4. The van der Waals surface area contributed by atoms with Crippen LogP contribution in [0.3, 0.4) is 0 Å². The number of aryl methyl sites for hydroxylation is 1. The smallest absolute Gasteiger partial charge is 0.427 e. The van der Waals surface area contributed by atoms with Crippen molar-refractivity contribution in [3.8, 4) is 0 Å². The number of allylic oxidation sites excluding steroid dienone is 2. The second-order valence-electron chi connectivity index (χ2n) is 12.5. The molecule has 0 spiro atoms. The minimum absolute atomic E-state index is 0. The first-order chi connectivity index (χ1) is 24.6. The number of thiophene rings is 1. The largest absolute Gasteiger partial charge is 1.00 e. The summed E-state index contributed by atoms with van der Waals surface area (Å²) >= 11 is 7.02. The van der Waals surface area contributed by atoms with Crippen LogP contribution < -0.4 is 28.9 Å². The van der Waals surface area contributed by atoms with E-state index in [1.165, 1.54) is 67.7 Å². The predicted octanol–water partition coefficient (Wildman–Crippen LogP) is 7.96. The van der Waals surface area contributed by atoms with Gasteiger partial charge in [0.1, 0.15) is 4.91 Å². The van der Waals surface area contributed by atoms with Gasteiger partial charge in [0.05, 0.1) is 21.4 Å². The standard InChI is InChI=1S/C42H40N3OS4.HI/c1-4-43-33-24-23-28-16-13-14-21-31(28)40(33)49-35(43)26-32(34-22-15-25-47-34)41-42(46)45(6-3)37(50-41)27-36-44(5-2)38(29-17-9-7-10-18-29)39(48-36)30-19-11-8-12-20-30;/h7-12,15,17-20,22-27H,4-6,13-14,16,21H2,1-3H3;1H/q+1;/p-1. The number of hydrogen-bond acceptors (Lipinski definition) is 7. The Labute approximate surface area is 335 Å². The Balaban J connectivity index is 0.00000406. The Bertz CT molecular complexity index is 2120. The highest BCUT2D eigenvalue weighted by Crippen LogP contribution is 2.53. The average molecular weight is 858 g/mol. The second kappa shape index (κ2) is 16.0. The number of halogens is 1. The Morgan fingerprint density at radius 2 is 1.51 bits per heavy atom. The molecule has 9 heteroatoms. The average Bonchev–Trinajstić information content (AvgIpc) is 3.96. The third-order valence-electron chi connectivity index (χ3n) is 9.67. The molecule has 0 atom stereocenters. The van der Waals surface area contributed by atoms with Crippen LogP contribution in [0.15, 0.2) is 122 Å². The summed E-state index contributed by atoms with van der Waals surface area (Å²) in [5.41, 5.74) is 8.98. The highest BCUT2D eigenvalue weighted by molar-refractivity contribution is 8.19. The molecule has 4 heterocycles. The monoisotopic (exact) mass is 857 g/mol. The van der Waals surface area contributed by atoms with Crippen molar-refractivity contribution in [2.75, 3.05) is 24.5 Å². The minimum Gasteiger partial charge on any atom is -1.00 e. The molecule has 0 radical (unpaired) electrons. The highest BCUT2D eigenvalue weighted by atomic mass is 127. The van der Waals surface area contributed by atoms with Crippen molar-refractivity contribution in [1.82, 2.24) is 4.90 Å². The number of hydrogen-bond donors (Lipinski definition) is 0. The molecule has 1 aromatic heterocycles. The summed E-state index contributed by atoms with van der Waals surface area (Å²) in [4.78, 5) is 23.9. The van der Waals surface area contributed by atoms with Gasteiger partial charge in [0.15, 0.2) is 6.54 Å². The number of carbonyl (C=O) groups is 1. The summed E-state index contributed by atoms with van der Waals surface area (Å²) in [6.07, 6.45) is 9.41. The van der Waals surface area contributed by atoms with Gasteiger partial charge in [-0.05, 0) is 104 Å². The minimum atomic E-state index is 0. The molecule has 1 amide bonds. The number of carbonyl (C=O) groups excluding carboxylic acids is 1. The summed E-state index contributed by atoms with van der Waals surface area (Å²) in [7, 11) is 0. The SMILES string of the molecule is CCN1C(=CC2=[N+](CC)C(=O)C(=C(C=C3Sc4c(ccc5c4CCCC5)N3CC)c3cccs3)S2)SC(c2ccccc2)=C1c1ccccc1.[I-]. The van der Waals surface area contributed by atoms with Crippen molar-refractivity contribution >= 4 is 79.4 Å². The number of fused-ring (bicyclic) bond motifs is 3. The summed E-state index contributed by atoms with van der Waals surface area (Å²) in [6.45, 7) is 8.83. The third-order valence-corrected chi connectivity index (χ3v) is 14.1. The van der Waals surface area contributed by atoms with Gasteiger partial charge in [0.2, 0.25) is 0 Å². The number of benzene rings is 3. The van der Waals surface area contributed by atoms with Crippen LogP contribution in [0.2, 0.25) is 0 Å². The van der Waals surface area contributed by atoms with Gasteiger partial charge < -0.3 is 33.8 Å². The number of anilines is 1. The Morgan fingerprint density at radius 3 is 2.20 bits per heavy atom. The van der Waals surface area contributed by atoms with E-state index >= 15 is 0 Å². The van der Waals surface area contributed by atoms with Crippen LogP contribution in [-0.4, -0.2) is 40.1 Å². The van der Waals surface area contributed by atoms with Crippen LogP contribution in [0.5, 0.6) is 0 Å². The molecule has 260 valence electrons. The molecule has 51 heavy (non-hydrogen) atoms. The quantitative estimate of drug-likeness (QED) is 0.102. The molecular weight excluding hydrogens is 818 g/mol. The summed E-state index contributed by atoms with van der Waals surface area (Å²) in [6, 6.07) is 30.3. The Hall–Kier alpha value is -2.96. The van der Waals surface area contributed by atoms with Crippen molar-refractivity contribution in [1.29, 1.82) is 0 Å². The molecule has 3 aliphatic heterocycles. The fourth-order valence-electron chi connectivity index (χ4n) is 7.26. The van der Waals surface area contributed by atoms with Gasteiger partial charge in [-0.3, -0.25) is 0 Å².